The second kappa shape index (κ2) is 5.11. The molecule has 96 valence electrons. The van der Waals surface area contributed by atoms with Gasteiger partial charge in [0.2, 0.25) is 5.91 Å². The third kappa shape index (κ3) is 2.27. The van der Waals surface area contributed by atoms with Gasteiger partial charge in [-0.25, -0.2) is 0 Å². The lowest BCUT2D eigenvalue weighted by Gasteiger charge is -2.25. The van der Waals surface area contributed by atoms with E-state index in [4.69, 9.17) is 0 Å². The highest BCUT2D eigenvalue weighted by atomic mass is 16.1. The quantitative estimate of drug-likeness (QED) is 0.829. The molecular weight excluding hydrogens is 224 g/mol. The molecule has 3 rings (SSSR count). The fourth-order valence-electron chi connectivity index (χ4n) is 3.11. The summed E-state index contributed by atoms with van der Waals surface area (Å²) in [6.07, 6.45) is 4.28. The fraction of sp³-hybridized carbons (Fsp3) is 0.533. The number of carbonyl (C=O) groups is 1. The molecule has 1 amide bonds. The van der Waals surface area contributed by atoms with Crippen molar-refractivity contribution in [1.29, 1.82) is 0 Å². The Bertz CT molecular complexity index is 438. The van der Waals surface area contributed by atoms with Gasteiger partial charge in [-0.15, -0.1) is 0 Å². The number of aryl methyl sites for hydroxylation is 1. The molecule has 0 saturated carbocycles. The Hall–Kier alpha value is -1.35. The summed E-state index contributed by atoms with van der Waals surface area (Å²) in [6.45, 7) is 1.94. The third-order valence-electron chi connectivity index (χ3n) is 4.09. The zero-order chi connectivity index (χ0) is 12.4. The Balaban J connectivity index is 1.74. The van der Waals surface area contributed by atoms with Gasteiger partial charge in [0.1, 0.15) is 0 Å². The summed E-state index contributed by atoms with van der Waals surface area (Å²) in [6, 6.07) is 8.71. The van der Waals surface area contributed by atoms with Gasteiger partial charge < -0.3 is 10.6 Å². The summed E-state index contributed by atoms with van der Waals surface area (Å²) < 4.78 is 0. The van der Waals surface area contributed by atoms with E-state index < -0.39 is 0 Å². The average Bonchev–Trinajstić information content (AvgIpc) is 2.91. The van der Waals surface area contributed by atoms with Crippen molar-refractivity contribution in [3.05, 3.63) is 35.4 Å². The van der Waals surface area contributed by atoms with Gasteiger partial charge in [0, 0.05) is 12.6 Å². The van der Waals surface area contributed by atoms with E-state index in [9.17, 15) is 4.79 Å². The number of benzene rings is 1. The minimum Gasteiger partial charge on any atom is -0.352 e. The Morgan fingerprint density at radius 2 is 2.17 bits per heavy atom. The molecule has 1 aliphatic carbocycles. The van der Waals surface area contributed by atoms with Crippen LogP contribution < -0.4 is 10.6 Å². The normalized spacial score (nSPS) is 26.7. The number of carbonyl (C=O) groups excluding carboxylic acids is 1. The summed E-state index contributed by atoms with van der Waals surface area (Å²) in [5.41, 5.74) is 2.60. The number of nitrogens with one attached hydrogen (secondary N) is 2. The SMILES string of the molecule is O=C(N[C@@H]1CCNC1)C1CCCc2ccccc21. The van der Waals surface area contributed by atoms with Crippen molar-refractivity contribution in [1.82, 2.24) is 10.6 Å². The lowest BCUT2D eigenvalue weighted by atomic mass is 9.82. The van der Waals surface area contributed by atoms with E-state index >= 15 is 0 Å². The van der Waals surface area contributed by atoms with Crippen molar-refractivity contribution < 1.29 is 4.79 Å². The van der Waals surface area contributed by atoms with Gasteiger partial charge in [0.05, 0.1) is 5.92 Å². The van der Waals surface area contributed by atoms with Crippen molar-refractivity contribution in [2.45, 2.75) is 37.6 Å². The highest BCUT2D eigenvalue weighted by Crippen LogP contribution is 2.31. The maximum Gasteiger partial charge on any atom is 0.227 e. The molecule has 2 N–H and O–H groups in total. The molecule has 1 heterocycles. The van der Waals surface area contributed by atoms with Crippen LogP contribution in [0.15, 0.2) is 24.3 Å². The van der Waals surface area contributed by atoms with Crippen molar-refractivity contribution in [2.24, 2.45) is 0 Å². The fourth-order valence-corrected chi connectivity index (χ4v) is 3.11. The van der Waals surface area contributed by atoms with E-state index in [1.807, 2.05) is 6.07 Å². The summed E-state index contributed by atoms with van der Waals surface area (Å²) in [4.78, 5) is 12.4. The van der Waals surface area contributed by atoms with Crippen molar-refractivity contribution in [2.75, 3.05) is 13.1 Å². The van der Waals surface area contributed by atoms with E-state index in [-0.39, 0.29) is 11.8 Å². The van der Waals surface area contributed by atoms with E-state index in [1.165, 1.54) is 11.1 Å². The van der Waals surface area contributed by atoms with Gasteiger partial charge in [0.15, 0.2) is 0 Å². The van der Waals surface area contributed by atoms with Crippen LogP contribution in [0.2, 0.25) is 0 Å². The van der Waals surface area contributed by atoms with Gasteiger partial charge in [0.25, 0.3) is 0 Å². The molecule has 2 atom stereocenters. The first-order chi connectivity index (χ1) is 8.84. The first kappa shape index (κ1) is 11.7. The first-order valence-corrected chi connectivity index (χ1v) is 6.93. The van der Waals surface area contributed by atoms with E-state index in [0.29, 0.717) is 6.04 Å². The predicted molar refractivity (Wildman–Crippen MR) is 71.5 cm³/mol. The Kier molecular flexibility index (Phi) is 3.33. The maximum absolute atomic E-state index is 12.4. The largest absolute Gasteiger partial charge is 0.352 e. The van der Waals surface area contributed by atoms with Crippen LogP contribution in [0.5, 0.6) is 0 Å². The second-order valence-corrected chi connectivity index (χ2v) is 5.34. The molecule has 0 spiro atoms. The molecule has 0 bridgehead atoms. The van der Waals surface area contributed by atoms with Crippen LogP contribution in [0.1, 0.15) is 36.3 Å². The minimum atomic E-state index is 0.0653. The smallest absolute Gasteiger partial charge is 0.227 e. The highest BCUT2D eigenvalue weighted by Gasteiger charge is 2.28. The molecule has 2 aliphatic rings. The standard InChI is InChI=1S/C15H20N2O/c18-15(17-12-8-9-16-10-12)14-7-3-5-11-4-1-2-6-13(11)14/h1-2,4,6,12,14,16H,3,5,7-10H2,(H,17,18)/t12-,14?/m1/s1. The van der Waals surface area contributed by atoms with E-state index in [2.05, 4.69) is 28.8 Å². The number of hydrogen-bond acceptors (Lipinski definition) is 2. The maximum atomic E-state index is 12.4. The van der Waals surface area contributed by atoms with Crippen LogP contribution in [-0.2, 0) is 11.2 Å². The highest BCUT2D eigenvalue weighted by molar-refractivity contribution is 5.84. The molecule has 3 nitrogen and oxygen atoms in total. The molecule has 1 aromatic rings. The van der Waals surface area contributed by atoms with Crippen molar-refractivity contribution >= 4 is 5.91 Å². The number of fused-ring (bicyclic) bond motifs is 1. The monoisotopic (exact) mass is 244 g/mol. The molecule has 0 radical (unpaired) electrons. The Labute approximate surface area is 108 Å². The topological polar surface area (TPSA) is 41.1 Å². The van der Waals surface area contributed by atoms with Crippen molar-refractivity contribution in [3.8, 4) is 0 Å². The van der Waals surface area contributed by atoms with E-state index in [0.717, 1.165) is 38.8 Å². The third-order valence-corrected chi connectivity index (χ3v) is 4.09. The predicted octanol–water partition coefficient (Wildman–Crippen LogP) is 1.58. The van der Waals surface area contributed by atoms with Crippen LogP contribution in [0.4, 0.5) is 0 Å². The molecule has 18 heavy (non-hydrogen) atoms. The molecule has 0 aromatic heterocycles. The van der Waals surface area contributed by atoms with Crippen molar-refractivity contribution in [3.63, 3.8) is 0 Å². The summed E-state index contributed by atoms with van der Waals surface area (Å²) in [7, 11) is 0. The van der Waals surface area contributed by atoms with Crippen LogP contribution in [0.3, 0.4) is 0 Å². The van der Waals surface area contributed by atoms with Gasteiger partial charge >= 0.3 is 0 Å². The van der Waals surface area contributed by atoms with Gasteiger partial charge in [-0.3, -0.25) is 4.79 Å². The van der Waals surface area contributed by atoms with Gasteiger partial charge in [-0.2, -0.15) is 0 Å². The molecule has 3 heteroatoms. The van der Waals surface area contributed by atoms with E-state index in [1.54, 1.807) is 0 Å². The van der Waals surface area contributed by atoms with Gasteiger partial charge in [-0.1, -0.05) is 24.3 Å². The average molecular weight is 244 g/mol. The molecule has 1 saturated heterocycles. The molecule has 1 unspecified atom stereocenters. The molecular formula is C15H20N2O. The summed E-state index contributed by atoms with van der Waals surface area (Å²) in [5, 5.41) is 6.47. The molecule has 1 fully saturated rings. The number of amides is 1. The zero-order valence-electron chi connectivity index (χ0n) is 10.6. The number of rotatable bonds is 2. The Morgan fingerprint density at radius 3 is 3.00 bits per heavy atom. The Morgan fingerprint density at radius 1 is 1.28 bits per heavy atom. The lowest BCUT2D eigenvalue weighted by Crippen LogP contribution is -2.40. The van der Waals surface area contributed by atoms with Crippen LogP contribution in [-0.4, -0.2) is 25.0 Å². The summed E-state index contributed by atoms with van der Waals surface area (Å²) in [5.74, 6) is 0.284. The van der Waals surface area contributed by atoms with Crippen LogP contribution in [0, 0.1) is 0 Å². The zero-order valence-corrected chi connectivity index (χ0v) is 10.6. The number of hydrogen-bond donors (Lipinski definition) is 2. The minimum absolute atomic E-state index is 0.0653. The van der Waals surface area contributed by atoms with Crippen LogP contribution in [0.25, 0.3) is 0 Å². The first-order valence-electron chi connectivity index (χ1n) is 6.93. The lowest BCUT2D eigenvalue weighted by molar-refractivity contribution is -0.123. The molecule has 1 aromatic carbocycles. The summed E-state index contributed by atoms with van der Waals surface area (Å²) >= 11 is 0. The molecule has 1 aliphatic heterocycles. The van der Waals surface area contributed by atoms with Gasteiger partial charge in [-0.05, 0) is 43.4 Å². The van der Waals surface area contributed by atoms with Crippen LogP contribution >= 0.6 is 0 Å². The second-order valence-electron chi connectivity index (χ2n) is 5.34.